The Morgan fingerprint density at radius 3 is 3.10 bits per heavy atom. The molecule has 1 aromatic carbocycles. The van der Waals surface area contributed by atoms with E-state index < -0.39 is 0 Å². The topological polar surface area (TPSA) is 60.2 Å². The first-order chi connectivity index (χ1) is 10.4. The van der Waals surface area contributed by atoms with Crippen molar-refractivity contribution in [1.29, 1.82) is 0 Å². The second kappa shape index (κ2) is 6.98. The highest BCUT2D eigenvalue weighted by molar-refractivity contribution is 5.82. The highest BCUT2D eigenvalue weighted by Gasteiger charge is 2.17. The Labute approximate surface area is 125 Å². The summed E-state index contributed by atoms with van der Waals surface area (Å²) >= 11 is 0. The van der Waals surface area contributed by atoms with Gasteiger partial charge >= 0.3 is 0 Å². The molecule has 2 unspecified atom stereocenters. The van der Waals surface area contributed by atoms with Gasteiger partial charge in [0.1, 0.15) is 0 Å². The molecular weight excluding hydrogens is 262 g/mol. The molecule has 0 saturated carbocycles. The summed E-state index contributed by atoms with van der Waals surface area (Å²) in [5.74, 6) is 5.79. The molecular formula is C17H23N3O. The van der Waals surface area contributed by atoms with Crippen molar-refractivity contribution in [3.05, 3.63) is 42.1 Å². The zero-order valence-electron chi connectivity index (χ0n) is 12.3. The van der Waals surface area contributed by atoms with E-state index in [2.05, 4.69) is 28.6 Å². The van der Waals surface area contributed by atoms with Gasteiger partial charge in [0.2, 0.25) is 0 Å². The molecule has 0 aliphatic carbocycles. The lowest BCUT2D eigenvalue weighted by Crippen LogP contribution is -2.28. The molecule has 0 bridgehead atoms. The van der Waals surface area contributed by atoms with Gasteiger partial charge in [0.05, 0.1) is 11.6 Å². The number of pyridine rings is 1. The Bertz CT molecular complexity index is 576. The predicted octanol–water partition coefficient (Wildman–Crippen LogP) is 3.09. The summed E-state index contributed by atoms with van der Waals surface area (Å²) in [6, 6.07) is 10.5. The van der Waals surface area contributed by atoms with Crippen LogP contribution in [-0.2, 0) is 4.74 Å². The van der Waals surface area contributed by atoms with E-state index in [1.165, 1.54) is 23.8 Å². The summed E-state index contributed by atoms with van der Waals surface area (Å²) in [6.45, 7) is 0.929. The molecule has 112 valence electrons. The lowest BCUT2D eigenvalue weighted by Gasteiger charge is -2.19. The van der Waals surface area contributed by atoms with Crippen LogP contribution in [-0.4, -0.2) is 17.7 Å². The molecule has 0 amide bonds. The highest BCUT2D eigenvalue weighted by atomic mass is 16.5. The molecule has 21 heavy (non-hydrogen) atoms. The Morgan fingerprint density at radius 1 is 1.33 bits per heavy atom. The first-order valence-corrected chi connectivity index (χ1v) is 7.80. The Morgan fingerprint density at radius 2 is 2.29 bits per heavy atom. The standard InChI is InChI=1S/C17H23N3O/c18-20-17(10-1-5-13-6-4-12-21-13)15-7-2-9-16-14(15)8-3-11-19-16/h2-3,7-9,11,13,17,20H,1,4-6,10,12,18H2. The van der Waals surface area contributed by atoms with Crippen molar-refractivity contribution in [1.82, 2.24) is 10.4 Å². The number of ether oxygens (including phenoxy) is 1. The van der Waals surface area contributed by atoms with Crippen LogP contribution in [0.5, 0.6) is 0 Å². The van der Waals surface area contributed by atoms with E-state index >= 15 is 0 Å². The minimum absolute atomic E-state index is 0.166. The maximum absolute atomic E-state index is 5.79. The van der Waals surface area contributed by atoms with Gasteiger partial charge in [-0.25, -0.2) is 0 Å². The lowest BCUT2D eigenvalue weighted by atomic mass is 9.96. The van der Waals surface area contributed by atoms with Crippen LogP contribution in [0.25, 0.3) is 10.9 Å². The van der Waals surface area contributed by atoms with Crippen molar-refractivity contribution in [2.45, 2.75) is 44.2 Å². The summed E-state index contributed by atoms with van der Waals surface area (Å²) in [6.07, 6.45) is 7.96. The number of nitrogens with zero attached hydrogens (tertiary/aromatic N) is 1. The average molecular weight is 285 g/mol. The normalized spacial score (nSPS) is 20.0. The van der Waals surface area contributed by atoms with Crippen molar-refractivity contribution in [2.75, 3.05) is 6.61 Å². The summed E-state index contributed by atoms with van der Waals surface area (Å²) in [7, 11) is 0. The predicted molar refractivity (Wildman–Crippen MR) is 84.6 cm³/mol. The van der Waals surface area contributed by atoms with Crippen LogP contribution >= 0.6 is 0 Å². The quantitative estimate of drug-likeness (QED) is 0.632. The smallest absolute Gasteiger partial charge is 0.0705 e. The molecule has 1 aromatic heterocycles. The molecule has 3 rings (SSSR count). The van der Waals surface area contributed by atoms with E-state index in [4.69, 9.17) is 10.6 Å². The minimum atomic E-state index is 0.166. The molecule has 1 aliphatic heterocycles. The first-order valence-electron chi connectivity index (χ1n) is 7.80. The van der Waals surface area contributed by atoms with Crippen LogP contribution in [0.15, 0.2) is 36.5 Å². The molecule has 0 spiro atoms. The van der Waals surface area contributed by atoms with Crippen LogP contribution in [0.3, 0.4) is 0 Å². The molecule has 1 saturated heterocycles. The van der Waals surface area contributed by atoms with Gasteiger partial charge in [0.25, 0.3) is 0 Å². The van der Waals surface area contributed by atoms with Gasteiger partial charge in [-0.3, -0.25) is 16.3 Å². The van der Waals surface area contributed by atoms with Crippen molar-refractivity contribution >= 4 is 10.9 Å². The van der Waals surface area contributed by atoms with Crippen molar-refractivity contribution in [3.63, 3.8) is 0 Å². The molecule has 4 heteroatoms. The first kappa shape index (κ1) is 14.4. The van der Waals surface area contributed by atoms with Crippen LogP contribution in [0.4, 0.5) is 0 Å². The largest absolute Gasteiger partial charge is 0.378 e. The van der Waals surface area contributed by atoms with E-state index in [0.29, 0.717) is 6.10 Å². The fourth-order valence-electron chi connectivity index (χ4n) is 3.18. The van der Waals surface area contributed by atoms with Crippen LogP contribution in [0.1, 0.15) is 43.7 Å². The molecule has 4 nitrogen and oxygen atoms in total. The van der Waals surface area contributed by atoms with Crippen LogP contribution in [0, 0.1) is 0 Å². The Balaban J connectivity index is 1.69. The van der Waals surface area contributed by atoms with Gasteiger partial charge in [-0.15, -0.1) is 0 Å². The number of hydrazine groups is 1. The summed E-state index contributed by atoms with van der Waals surface area (Å²) < 4.78 is 5.68. The second-order valence-electron chi connectivity index (χ2n) is 5.70. The van der Waals surface area contributed by atoms with E-state index in [9.17, 15) is 0 Å². The van der Waals surface area contributed by atoms with Gasteiger partial charge < -0.3 is 4.74 Å². The maximum Gasteiger partial charge on any atom is 0.0705 e. The van der Waals surface area contributed by atoms with E-state index in [1.807, 2.05) is 18.3 Å². The average Bonchev–Trinajstić information content (AvgIpc) is 3.05. The van der Waals surface area contributed by atoms with Crippen molar-refractivity contribution < 1.29 is 4.74 Å². The zero-order valence-corrected chi connectivity index (χ0v) is 12.3. The SMILES string of the molecule is NNC(CCCC1CCCO1)c1cccc2ncccc12. The Kier molecular flexibility index (Phi) is 4.80. The van der Waals surface area contributed by atoms with Gasteiger partial charge in [0.15, 0.2) is 0 Å². The molecule has 2 heterocycles. The third-order valence-corrected chi connectivity index (χ3v) is 4.30. The lowest BCUT2D eigenvalue weighted by molar-refractivity contribution is 0.101. The number of hydrogen-bond donors (Lipinski definition) is 2. The number of nitrogens with two attached hydrogens (primary N) is 1. The third kappa shape index (κ3) is 3.40. The minimum Gasteiger partial charge on any atom is -0.378 e. The molecule has 2 atom stereocenters. The number of rotatable bonds is 6. The molecule has 2 aromatic rings. The van der Waals surface area contributed by atoms with Crippen molar-refractivity contribution in [3.8, 4) is 0 Å². The van der Waals surface area contributed by atoms with E-state index in [-0.39, 0.29) is 6.04 Å². The summed E-state index contributed by atoms with van der Waals surface area (Å²) in [5, 5.41) is 1.18. The van der Waals surface area contributed by atoms with Crippen LogP contribution < -0.4 is 11.3 Å². The molecule has 0 radical (unpaired) electrons. The number of benzene rings is 1. The maximum atomic E-state index is 5.79. The fraction of sp³-hybridized carbons (Fsp3) is 0.471. The fourth-order valence-corrected chi connectivity index (χ4v) is 3.18. The van der Waals surface area contributed by atoms with Gasteiger partial charge in [-0.05, 0) is 49.8 Å². The molecule has 1 aliphatic rings. The third-order valence-electron chi connectivity index (χ3n) is 4.30. The Hall–Kier alpha value is -1.49. The van der Waals surface area contributed by atoms with E-state index in [1.54, 1.807) is 0 Å². The second-order valence-corrected chi connectivity index (χ2v) is 5.70. The number of fused-ring (bicyclic) bond motifs is 1. The zero-order chi connectivity index (χ0) is 14.5. The highest BCUT2D eigenvalue weighted by Crippen LogP contribution is 2.27. The van der Waals surface area contributed by atoms with E-state index in [0.717, 1.165) is 31.4 Å². The monoisotopic (exact) mass is 285 g/mol. The number of hydrogen-bond acceptors (Lipinski definition) is 4. The van der Waals surface area contributed by atoms with Gasteiger partial charge in [0, 0.05) is 24.2 Å². The molecule has 1 fully saturated rings. The molecule has 3 N–H and O–H groups in total. The van der Waals surface area contributed by atoms with Crippen molar-refractivity contribution in [2.24, 2.45) is 5.84 Å². The van der Waals surface area contributed by atoms with Crippen LogP contribution in [0.2, 0.25) is 0 Å². The van der Waals surface area contributed by atoms with Gasteiger partial charge in [-0.2, -0.15) is 0 Å². The number of nitrogens with one attached hydrogen (secondary N) is 1. The number of aromatic nitrogens is 1. The summed E-state index contributed by atoms with van der Waals surface area (Å²) in [4.78, 5) is 4.41. The summed E-state index contributed by atoms with van der Waals surface area (Å²) in [5.41, 5.74) is 5.22. The van der Waals surface area contributed by atoms with Gasteiger partial charge in [-0.1, -0.05) is 18.2 Å².